The maximum absolute atomic E-state index is 11.3. The van der Waals surface area contributed by atoms with Crippen LogP contribution in [0.1, 0.15) is 40.5 Å². The molecule has 0 amide bonds. The normalized spacial score (nSPS) is 22.1. The largest absolute Gasteiger partial charge is 0.450 e. The Balaban J connectivity index is 2.43. The van der Waals surface area contributed by atoms with Gasteiger partial charge in [-0.15, -0.1) is 0 Å². The van der Waals surface area contributed by atoms with Gasteiger partial charge in [0.15, 0.2) is 0 Å². The topological polar surface area (TPSA) is 35.5 Å². The third kappa shape index (κ3) is 4.67. The highest BCUT2D eigenvalue weighted by atomic mass is 16.6. The molecule has 0 N–H and O–H groups in total. The van der Waals surface area contributed by atoms with Crippen molar-refractivity contribution in [2.24, 2.45) is 5.92 Å². The first-order valence-corrected chi connectivity index (χ1v) is 5.74. The minimum absolute atomic E-state index is 0.0926. The van der Waals surface area contributed by atoms with Crippen molar-refractivity contribution in [1.82, 2.24) is 0 Å². The van der Waals surface area contributed by atoms with Crippen LogP contribution >= 0.6 is 0 Å². The van der Waals surface area contributed by atoms with E-state index in [9.17, 15) is 4.79 Å². The van der Waals surface area contributed by atoms with Crippen molar-refractivity contribution in [1.29, 1.82) is 0 Å². The van der Waals surface area contributed by atoms with E-state index in [1.807, 2.05) is 27.7 Å². The van der Waals surface area contributed by atoms with Gasteiger partial charge in [0, 0.05) is 18.4 Å². The van der Waals surface area contributed by atoms with E-state index in [4.69, 9.17) is 9.47 Å². The third-order valence-corrected chi connectivity index (χ3v) is 2.32. The van der Waals surface area contributed by atoms with Crippen LogP contribution in [0.15, 0.2) is 0 Å². The summed E-state index contributed by atoms with van der Waals surface area (Å²) in [5.41, 5.74) is -0.473. The highest BCUT2D eigenvalue weighted by molar-refractivity contribution is 5.88. The van der Waals surface area contributed by atoms with Gasteiger partial charge in [-0.1, -0.05) is 5.92 Å². The molecule has 3 nitrogen and oxygen atoms in total. The summed E-state index contributed by atoms with van der Waals surface area (Å²) in [6, 6.07) is 0. The van der Waals surface area contributed by atoms with Crippen LogP contribution in [-0.4, -0.2) is 24.3 Å². The van der Waals surface area contributed by atoms with Crippen LogP contribution in [0.2, 0.25) is 0 Å². The predicted octanol–water partition coefficient (Wildman–Crippen LogP) is 2.15. The summed E-state index contributed by atoms with van der Waals surface area (Å²) in [4.78, 5) is 11.3. The lowest BCUT2D eigenvalue weighted by atomic mass is 10.0. The summed E-state index contributed by atoms with van der Waals surface area (Å²) in [6.07, 6.45) is 2.29. The van der Waals surface area contributed by atoms with Crippen LogP contribution in [0.25, 0.3) is 0 Å². The summed E-state index contributed by atoms with van der Waals surface area (Å²) >= 11 is 0. The van der Waals surface area contributed by atoms with Gasteiger partial charge in [-0.05, 0) is 40.5 Å². The molecule has 0 radical (unpaired) electrons. The fourth-order valence-electron chi connectivity index (χ4n) is 1.57. The molecule has 0 aromatic carbocycles. The first-order chi connectivity index (χ1) is 7.38. The van der Waals surface area contributed by atoms with Gasteiger partial charge in [-0.3, -0.25) is 0 Å². The van der Waals surface area contributed by atoms with Crippen molar-refractivity contribution in [3.8, 4) is 11.8 Å². The lowest BCUT2D eigenvalue weighted by Gasteiger charge is -2.17. The highest BCUT2D eigenvalue weighted by Crippen LogP contribution is 2.19. The van der Waals surface area contributed by atoms with Gasteiger partial charge in [0.2, 0.25) is 0 Å². The van der Waals surface area contributed by atoms with Crippen molar-refractivity contribution in [2.45, 2.75) is 52.2 Å². The van der Waals surface area contributed by atoms with E-state index >= 15 is 0 Å². The molecule has 2 unspecified atom stereocenters. The quantitative estimate of drug-likeness (QED) is 0.389. The molecule has 3 heteroatoms. The Hall–Kier alpha value is -1.01. The molecule has 16 heavy (non-hydrogen) atoms. The number of hydrogen-bond donors (Lipinski definition) is 0. The number of esters is 1. The standard InChI is InChI=1S/C13H20O3/c1-10(11-6-5-9-15-11)7-8-12(14)16-13(2,3)4/h10-11H,5-6,9H2,1-4H3. The maximum Gasteiger partial charge on any atom is 0.384 e. The molecular weight excluding hydrogens is 204 g/mol. The van der Waals surface area contributed by atoms with Crippen LogP contribution < -0.4 is 0 Å². The fourth-order valence-corrected chi connectivity index (χ4v) is 1.57. The summed E-state index contributed by atoms with van der Waals surface area (Å²) < 4.78 is 10.6. The molecule has 1 saturated heterocycles. The van der Waals surface area contributed by atoms with Gasteiger partial charge < -0.3 is 9.47 Å². The Labute approximate surface area is 97.5 Å². The monoisotopic (exact) mass is 224 g/mol. The molecule has 0 aromatic rings. The molecule has 2 atom stereocenters. The molecule has 0 bridgehead atoms. The van der Waals surface area contributed by atoms with Gasteiger partial charge in [-0.25, -0.2) is 4.79 Å². The number of carbonyl (C=O) groups excluding carboxylic acids is 1. The molecular formula is C13H20O3. The van der Waals surface area contributed by atoms with Crippen molar-refractivity contribution in [3.63, 3.8) is 0 Å². The lowest BCUT2D eigenvalue weighted by molar-refractivity contribution is -0.147. The molecule has 1 fully saturated rings. The average molecular weight is 224 g/mol. The number of rotatable bonds is 1. The summed E-state index contributed by atoms with van der Waals surface area (Å²) in [5.74, 6) is 5.05. The number of ether oxygens (including phenoxy) is 2. The van der Waals surface area contributed by atoms with E-state index in [-0.39, 0.29) is 12.0 Å². The molecule has 1 rings (SSSR count). The maximum atomic E-state index is 11.3. The zero-order valence-corrected chi connectivity index (χ0v) is 10.5. The van der Waals surface area contributed by atoms with E-state index in [1.165, 1.54) is 0 Å². The van der Waals surface area contributed by atoms with Crippen LogP contribution in [0.3, 0.4) is 0 Å². The van der Waals surface area contributed by atoms with Crippen LogP contribution in [0, 0.1) is 17.8 Å². The summed E-state index contributed by atoms with van der Waals surface area (Å²) in [7, 11) is 0. The molecule has 0 aliphatic carbocycles. The van der Waals surface area contributed by atoms with Crippen molar-refractivity contribution in [3.05, 3.63) is 0 Å². The van der Waals surface area contributed by atoms with Crippen LogP contribution in [-0.2, 0) is 14.3 Å². The van der Waals surface area contributed by atoms with Gasteiger partial charge in [-0.2, -0.15) is 0 Å². The minimum atomic E-state index is -0.473. The first kappa shape index (κ1) is 13.1. The van der Waals surface area contributed by atoms with E-state index in [0.717, 1.165) is 19.4 Å². The first-order valence-electron chi connectivity index (χ1n) is 5.74. The Bertz CT molecular complexity index is 297. The molecule has 0 aromatic heterocycles. The molecule has 0 spiro atoms. The van der Waals surface area contributed by atoms with Crippen molar-refractivity contribution >= 4 is 5.97 Å². The third-order valence-electron chi connectivity index (χ3n) is 2.32. The predicted molar refractivity (Wildman–Crippen MR) is 61.8 cm³/mol. The molecule has 1 heterocycles. The van der Waals surface area contributed by atoms with Gasteiger partial charge in [0.05, 0.1) is 6.10 Å². The van der Waals surface area contributed by atoms with E-state index in [2.05, 4.69) is 11.8 Å². The number of carbonyl (C=O) groups is 1. The smallest absolute Gasteiger partial charge is 0.384 e. The van der Waals surface area contributed by atoms with E-state index in [0.29, 0.717) is 0 Å². The van der Waals surface area contributed by atoms with Crippen LogP contribution in [0.5, 0.6) is 0 Å². The van der Waals surface area contributed by atoms with Crippen LogP contribution in [0.4, 0.5) is 0 Å². The van der Waals surface area contributed by atoms with Gasteiger partial charge in [0.1, 0.15) is 5.60 Å². The highest BCUT2D eigenvalue weighted by Gasteiger charge is 2.21. The Morgan fingerprint density at radius 2 is 2.19 bits per heavy atom. The molecule has 0 saturated carbocycles. The second-order valence-corrected chi connectivity index (χ2v) is 5.11. The average Bonchev–Trinajstić information content (AvgIpc) is 2.64. The Morgan fingerprint density at radius 1 is 1.50 bits per heavy atom. The SMILES string of the molecule is CC(C#CC(=O)OC(C)(C)C)C1CCCO1. The second kappa shape index (κ2) is 5.36. The molecule has 1 aliphatic rings. The fraction of sp³-hybridized carbons (Fsp3) is 0.769. The Kier molecular flexibility index (Phi) is 4.37. The summed E-state index contributed by atoms with van der Waals surface area (Å²) in [5, 5.41) is 0. The molecule has 90 valence electrons. The summed E-state index contributed by atoms with van der Waals surface area (Å²) in [6.45, 7) is 8.28. The number of hydrogen-bond acceptors (Lipinski definition) is 3. The van der Waals surface area contributed by atoms with E-state index in [1.54, 1.807) is 0 Å². The van der Waals surface area contributed by atoms with Gasteiger partial charge in [0.25, 0.3) is 0 Å². The zero-order valence-electron chi connectivity index (χ0n) is 10.5. The minimum Gasteiger partial charge on any atom is -0.450 e. The zero-order chi connectivity index (χ0) is 12.2. The lowest BCUT2D eigenvalue weighted by Crippen LogP contribution is -2.23. The van der Waals surface area contributed by atoms with Crippen molar-refractivity contribution in [2.75, 3.05) is 6.61 Å². The second-order valence-electron chi connectivity index (χ2n) is 5.11. The van der Waals surface area contributed by atoms with Crippen molar-refractivity contribution < 1.29 is 14.3 Å². The van der Waals surface area contributed by atoms with Gasteiger partial charge >= 0.3 is 5.97 Å². The molecule has 1 aliphatic heterocycles. The Morgan fingerprint density at radius 3 is 2.69 bits per heavy atom. The van der Waals surface area contributed by atoms with E-state index < -0.39 is 11.6 Å².